The minimum absolute atomic E-state index is 0.0776. The van der Waals surface area contributed by atoms with E-state index in [9.17, 15) is 18.0 Å². The molecule has 2 aromatic heterocycles. The van der Waals surface area contributed by atoms with E-state index in [1.807, 2.05) is 12.1 Å². The van der Waals surface area contributed by atoms with Gasteiger partial charge in [0.2, 0.25) is 5.78 Å². The molecule has 0 atom stereocenters. The predicted octanol–water partition coefficient (Wildman–Crippen LogP) is 3.94. The molecule has 0 spiro atoms. The number of benzene rings is 1. The number of alkyl halides is 3. The molecule has 0 unspecified atom stereocenters. The van der Waals surface area contributed by atoms with Gasteiger partial charge in [-0.1, -0.05) is 24.3 Å². The molecule has 2 heterocycles. The third kappa shape index (κ3) is 2.52. The van der Waals surface area contributed by atoms with Gasteiger partial charge in [-0.15, -0.1) is 11.3 Å². The summed E-state index contributed by atoms with van der Waals surface area (Å²) in [5.74, 6) is -0.556. The second kappa shape index (κ2) is 4.92. The van der Waals surface area contributed by atoms with Crippen LogP contribution in [0.15, 0.2) is 42.7 Å². The number of halogens is 3. The minimum Gasteiger partial charge on any atom is -0.286 e. The van der Waals surface area contributed by atoms with Crippen molar-refractivity contribution in [1.82, 2.24) is 9.97 Å². The standard InChI is InChI=1S/C14H7F3N2OS/c15-14(16,17)13-19-7-10(21-13)12(20)11-9-4-2-1-3-8(9)5-6-18-11/h1-7H. The summed E-state index contributed by atoms with van der Waals surface area (Å²) in [4.78, 5) is 19.5. The zero-order valence-electron chi connectivity index (χ0n) is 10.4. The molecule has 0 amide bonds. The monoisotopic (exact) mass is 308 g/mol. The van der Waals surface area contributed by atoms with Gasteiger partial charge in [0.25, 0.3) is 0 Å². The highest BCUT2D eigenvalue weighted by molar-refractivity contribution is 7.14. The molecule has 1 aromatic carbocycles. The molecule has 0 fully saturated rings. The van der Waals surface area contributed by atoms with Crippen LogP contribution in [0.3, 0.4) is 0 Å². The number of fused-ring (bicyclic) bond motifs is 1. The number of rotatable bonds is 2. The topological polar surface area (TPSA) is 42.9 Å². The van der Waals surface area contributed by atoms with Crippen molar-refractivity contribution in [3.63, 3.8) is 0 Å². The van der Waals surface area contributed by atoms with Crippen molar-refractivity contribution < 1.29 is 18.0 Å². The first-order chi connectivity index (χ1) is 9.97. The molecule has 3 nitrogen and oxygen atoms in total. The number of carbonyl (C=O) groups excluding carboxylic acids is 1. The summed E-state index contributed by atoms with van der Waals surface area (Å²) in [6, 6.07) is 8.81. The molecular weight excluding hydrogens is 301 g/mol. The first-order valence-electron chi connectivity index (χ1n) is 5.88. The maximum atomic E-state index is 12.5. The van der Waals surface area contributed by atoms with Gasteiger partial charge in [-0.25, -0.2) is 4.98 Å². The Bertz CT molecular complexity index is 821. The van der Waals surface area contributed by atoms with Crippen molar-refractivity contribution in [2.24, 2.45) is 0 Å². The summed E-state index contributed by atoms with van der Waals surface area (Å²) >= 11 is 0.326. The lowest BCUT2D eigenvalue weighted by Gasteiger charge is -2.03. The molecule has 3 rings (SSSR count). The Morgan fingerprint density at radius 2 is 1.86 bits per heavy atom. The molecule has 21 heavy (non-hydrogen) atoms. The van der Waals surface area contributed by atoms with Crippen molar-refractivity contribution in [2.75, 3.05) is 0 Å². The Morgan fingerprint density at radius 3 is 2.57 bits per heavy atom. The van der Waals surface area contributed by atoms with Gasteiger partial charge >= 0.3 is 6.18 Å². The Labute approximate surface area is 121 Å². The van der Waals surface area contributed by atoms with E-state index in [-0.39, 0.29) is 10.6 Å². The second-order valence-electron chi connectivity index (χ2n) is 4.24. The summed E-state index contributed by atoms with van der Waals surface area (Å²) in [6.07, 6.45) is -2.14. The van der Waals surface area contributed by atoms with Crippen LogP contribution in [-0.2, 0) is 6.18 Å². The number of aromatic nitrogens is 2. The first-order valence-corrected chi connectivity index (χ1v) is 6.70. The highest BCUT2D eigenvalue weighted by atomic mass is 32.1. The second-order valence-corrected chi connectivity index (χ2v) is 5.27. The Balaban J connectivity index is 2.07. The molecule has 0 aliphatic rings. The van der Waals surface area contributed by atoms with E-state index in [1.54, 1.807) is 18.2 Å². The highest BCUT2D eigenvalue weighted by Crippen LogP contribution is 2.33. The fraction of sp³-hybridized carbons (Fsp3) is 0.0714. The number of pyridine rings is 1. The molecular formula is C14H7F3N2OS. The minimum atomic E-state index is -4.55. The lowest BCUT2D eigenvalue weighted by atomic mass is 10.1. The fourth-order valence-corrected chi connectivity index (χ4v) is 2.65. The van der Waals surface area contributed by atoms with Crippen molar-refractivity contribution in [3.05, 3.63) is 58.3 Å². The van der Waals surface area contributed by atoms with Crippen molar-refractivity contribution in [2.45, 2.75) is 6.18 Å². The number of thiazole rings is 1. The molecule has 7 heteroatoms. The van der Waals surface area contributed by atoms with Crippen LogP contribution in [0, 0.1) is 0 Å². The van der Waals surface area contributed by atoms with Gasteiger partial charge in [0.1, 0.15) is 5.69 Å². The number of carbonyl (C=O) groups is 1. The zero-order chi connectivity index (χ0) is 15.0. The summed E-state index contributed by atoms with van der Waals surface area (Å²) in [7, 11) is 0. The van der Waals surface area contributed by atoms with Crippen LogP contribution < -0.4 is 0 Å². The number of nitrogens with zero attached hydrogens (tertiary/aromatic N) is 2. The third-order valence-electron chi connectivity index (χ3n) is 2.86. The average Bonchev–Trinajstić information content (AvgIpc) is 2.96. The van der Waals surface area contributed by atoms with E-state index in [0.29, 0.717) is 16.7 Å². The van der Waals surface area contributed by atoms with Gasteiger partial charge in [-0.2, -0.15) is 13.2 Å². The molecule has 0 bridgehead atoms. The van der Waals surface area contributed by atoms with Crippen molar-refractivity contribution in [3.8, 4) is 0 Å². The summed E-state index contributed by atoms with van der Waals surface area (Å²) < 4.78 is 37.6. The van der Waals surface area contributed by atoms with Crippen LogP contribution in [0.5, 0.6) is 0 Å². The van der Waals surface area contributed by atoms with Gasteiger partial charge < -0.3 is 0 Å². The van der Waals surface area contributed by atoms with Crippen LogP contribution in [0.25, 0.3) is 10.8 Å². The van der Waals surface area contributed by atoms with Gasteiger partial charge in [0.15, 0.2) is 5.01 Å². The molecule has 0 saturated carbocycles. The van der Waals surface area contributed by atoms with Gasteiger partial charge in [-0.3, -0.25) is 9.78 Å². The van der Waals surface area contributed by atoms with Crippen LogP contribution in [-0.4, -0.2) is 15.8 Å². The summed E-state index contributed by atoms with van der Waals surface area (Å²) in [5.41, 5.74) is 0.130. The van der Waals surface area contributed by atoms with E-state index in [4.69, 9.17) is 0 Å². The lowest BCUT2D eigenvalue weighted by Crippen LogP contribution is -2.03. The molecule has 0 aliphatic carbocycles. The highest BCUT2D eigenvalue weighted by Gasteiger charge is 2.35. The van der Waals surface area contributed by atoms with E-state index < -0.39 is 17.0 Å². The molecule has 0 radical (unpaired) electrons. The lowest BCUT2D eigenvalue weighted by molar-refractivity contribution is -0.137. The SMILES string of the molecule is O=C(c1cnc(C(F)(F)F)s1)c1nccc2ccccc12. The van der Waals surface area contributed by atoms with E-state index in [2.05, 4.69) is 9.97 Å². The first kappa shape index (κ1) is 13.7. The third-order valence-corrected chi connectivity index (χ3v) is 3.90. The zero-order valence-corrected chi connectivity index (χ0v) is 11.2. The van der Waals surface area contributed by atoms with Crippen molar-refractivity contribution in [1.29, 1.82) is 0 Å². The van der Waals surface area contributed by atoms with Crippen LogP contribution in [0.4, 0.5) is 13.2 Å². The predicted molar refractivity (Wildman–Crippen MR) is 72.3 cm³/mol. The Morgan fingerprint density at radius 1 is 1.10 bits per heavy atom. The maximum Gasteiger partial charge on any atom is 0.443 e. The number of ketones is 1. The molecule has 0 N–H and O–H groups in total. The van der Waals surface area contributed by atoms with Gasteiger partial charge in [-0.05, 0) is 11.5 Å². The van der Waals surface area contributed by atoms with Gasteiger partial charge in [0.05, 0.1) is 4.88 Å². The largest absolute Gasteiger partial charge is 0.443 e. The molecule has 106 valence electrons. The smallest absolute Gasteiger partial charge is 0.286 e. The van der Waals surface area contributed by atoms with E-state index in [0.717, 1.165) is 11.6 Å². The molecule has 0 saturated heterocycles. The van der Waals surface area contributed by atoms with E-state index >= 15 is 0 Å². The molecule has 0 aliphatic heterocycles. The quantitative estimate of drug-likeness (QED) is 0.673. The Kier molecular flexibility index (Phi) is 3.21. The summed E-state index contributed by atoms with van der Waals surface area (Å²) in [6.45, 7) is 0. The van der Waals surface area contributed by atoms with Gasteiger partial charge in [0, 0.05) is 17.8 Å². The summed E-state index contributed by atoms with van der Waals surface area (Å²) in [5, 5.41) is 0.370. The fourth-order valence-electron chi connectivity index (χ4n) is 1.93. The molecule has 3 aromatic rings. The van der Waals surface area contributed by atoms with E-state index in [1.165, 1.54) is 6.20 Å². The average molecular weight is 308 g/mol. The number of hydrogen-bond donors (Lipinski definition) is 0. The van der Waals surface area contributed by atoms with Crippen molar-refractivity contribution >= 4 is 27.9 Å². The van der Waals surface area contributed by atoms with Crippen LogP contribution in [0.2, 0.25) is 0 Å². The number of hydrogen-bond acceptors (Lipinski definition) is 4. The maximum absolute atomic E-state index is 12.5. The van der Waals surface area contributed by atoms with Crippen LogP contribution in [0.1, 0.15) is 20.4 Å². The normalized spacial score (nSPS) is 11.8. The Hall–Kier alpha value is -2.28. The van der Waals surface area contributed by atoms with Crippen LogP contribution >= 0.6 is 11.3 Å².